The average Bonchev–Trinajstić information content (AvgIpc) is 2.83. The molecule has 0 fully saturated rings. The molecule has 0 saturated carbocycles. The summed E-state index contributed by atoms with van der Waals surface area (Å²) >= 11 is 0. The van der Waals surface area contributed by atoms with Crippen LogP contribution in [-0.4, -0.2) is 9.78 Å². The fraction of sp³-hybridized carbons (Fsp3) is 0.250. The Morgan fingerprint density at radius 1 is 1.31 bits per heavy atom. The molecular formula is C12H11FN2O. The molecule has 3 rings (SSSR count). The van der Waals surface area contributed by atoms with Crippen LogP contribution in [0.25, 0.3) is 5.69 Å². The van der Waals surface area contributed by atoms with Crippen LogP contribution in [0.15, 0.2) is 29.1 Å². The molecule has 0 amide bonds. The van der Waals surface area contributed by atoms with E-state index in [1.165, 1.54) is 12.1 Å². The van der Waals surface area contributed by atoms with Gasteiger partial charge in [-0.05, 0) is 37.5 Å². The lowest BCUT2D eigenvalue weighted by Crippen LogP contribution is -2.08. The molecule has 0 radical (unpaired) electrons. The molecule has 0 spiro atoms. The van der Waals surface area contributed by atoms with Crippen LogP contribution in [0, 0.1) is 5.82 Å². The summed E-state index contributed by atoms with van der Waals surface area (Å²) in [5.41, 5.74) is 2.48. The molecule has 2 aromatic rings. The average molecular weight is 218 g/mol. The highest BCUT2D eigenvalue weighted by Crippen LogP contribution is 2.21. The highest BCUT2D eigenvalue weighted by atomic mass is 19.1. The van der Waals surface area contributed by atoms with Gasteiger partial charge in [-0.15, -0.1) is 0 Å². The Morgan fingerprint density at radius 3 is 3.00 bits per heavy atom. The molecular weight excluding hydrogens is 207 g/mol. The van der Waals surface area contributed by atoms with E-state index in [0.717, 1.165) is 30.5 Å². The van der Waals surface area contributed by atoms with Crippen molar-refractivity contribution in [1.82, 2.24) is 9.78 Å². The van der Waals surface area contributed by atoms with E-state index >= 15 is 0 Å². The third-order valence-corrected chi connectivity index (χ3v) is 3.01. The lowest BCUT2D eigenvalue weighted by molar-refractivity contribution is 0.624. The van der Waals surface area contributed by atoms with Crippen molar-refractivity contribution in [3.8, 4) is 5.69 Å². The number of benzene rings is 1. The predicted molar refractivity (Wildman–Crippen MR) is 58.4 cm³/mol. The van der Waals surface area contributed by atoms with Gasteiger partial charge >= 0.3 is 0 Å². The highest BCUT2D eigenvalue weighted by molar-refractivity contribution is 5.37. The largest absolute Gasteiger partial charge is 0.268 e. The Morgan fingerprint density at radius 2 is 2.19 bits per heavy atom. The van der Waals surface area contributed by atoms with Crippen molar-refractivity contribution in [1.29, 1.82) is 0 Å². The van der Waals surface area contributed by atoms with Gasteiger partial charge in [0.05, 0.1) is 5.69 Å². The van der Waals surface area contributed by atoms with Crippen molar-refractivity contribution in [2.24, 2.45) is 0 Å². The van der Waals surface area contributed by atoms with Gasteiger partial charge in [-0.25, -0.2) is 4.39 Å². The lowest BCUT2D eigenvalue weighted by atomic mass is 10.2. The van der Waals surface area contributed by atoms with Crippen LogP contribution in [0.1, 0.15) is 17.7 Å². The van der Waals surface area contributed by atoms with E-state index in [1.807, 2.05) is 0 Å². The van der Waals surface area contributed by atoms with Gasteiger partial charge in [0.1, 0.15) is 5.82 Å². The Hall–Kier alpha value is -1.84. The molecule has 0 unspecified atom stereocenters. The molecule has 1 aliphatic carbocycles. The first-order valence-corrected chi connectivity index (χ1v) is 5.34. The van der Waals surface area contributed by atoms with E-state index in [9.17, 15) is 9.18 Å². The number of H-pyrrole nitrogens is 1. The third-order valence-electron chi connectivity index (χ3n) is 3.01. The smallest absolute Gasteiger partial charge is 0.267 e. The molecule has 3 nitrogen and oxygen atoms in total. The molecule has 1 aromatic carbocycles. The van der Waals surface area contributed by atoms with E-state index in [4.69, 9.17) is 0 Å². The Bertz CT molecular complexity index is 597. The number of nitrogens with one attached hydrogen (secondary N) is 1. The molecule has 0 saturated heterocycles. The zero-order valence-electron chi connectivity index (χ0n) is 8.66. The first-order chi connectivity index (χ1) is 7.75. The number of aromatic amines is 1. The van der Waals surface area contributed by atoms with Crippen LogP contribution in [0.2, 0.25) is 0 Å². The van der Waals surface area contributed by atoms with E-state index in [1.54, 1.807) is 16.8 Å². The second-order valence-corrected chi connectivity index (χ2v) is 4.04. The molecule has 4 heteroatoms. The van der Waals surface area contributed by atoms with Gasteiger partial charge in [0.25, 0.3) is 5.56 Å². The second kappa shape index (κ2) is 3.33. The van der Waals surface area contributed by atoms with Crippen molar-refractivity contribution in [3.05, 3.63) is 51.7 Å². The van der Waals surface area contributed by atoms with Gasteiger partial charge in [0.15, 0.2) is 0 Å². The van der Waals surface area contributed by atoms with Crippen LogP contribution in [0.4, 0.5) is 4.39 Å². The summed E-state index contributed by atoms with van der Waals surface area (Å²) in [6.45, 7) is 0. The Balaban J connectivity index is 2.21. The second-order valence-electron chi connectivity index (χ2n) is 4.04. The summed E-state index contributed by atoms with van der Waals surface area (Å²) in [6, 6.07) is 6.25. The maximum Gasteiger partial charge on any atom is 0.267 e. The van der Waals surface area contributed by atoms with Crippen molar-refractivity contribution in [2.75, 3.05) is 0 Å². The zero-order chi connectivity index (χ0) is 11.1. The summed E-state index contributed by atoms with van der Waals surface area (Å²) in [4.78, 5) is 11.6. The van der Waals surface area contributed by atoms with Gasteiger partial charge < -0.3 is 0 Å². The molecule has 1 aliphatic rings. The quantitative estimate of drug-likeness (QED) is 0.778. The minimum atomic E-state index is -0.293. The normalized spacial score (nSPS) is 14.1. The number of halogens is 1. The molecule has 1 N–H and O–H groups in total. The summed E-state index contributed by atoms with van der Waals surface area (Å²) < 4.78 is 14.8. The summed E-state index contributed by atoms with van der Waals surface area (Å²) in [6.07, 6.45) is 2.71. The SMILES string of the molecule is O=c1[nH]n(-c2cccc(F)c2)c2c1CCC2. The molecule has 0 bridgehead atoms. The summed E-state index contributed by atoms with van der Waals surface area (Å²) in [5.74, 6) is -0.293. The Labute approximate surface area is 91.5 Å². The van der Waals surface area contributed by atoms with Crippen molar-refractivity contribution in [3.63, 3.8) is 0 Å². The first-order valence-electron chi connectivity index (χ1n) is 5.34. The van der Waals surface area contributed by atoms with Crippen molar-refractivity contribution in [2.45, 2.75) is 19.3 Å². The van der Waals surface area contributed by atoms with Gasteiger partial charge in [0.2, 0.25) is 0 Å². The number of aromatic nitrogens is 2. The first kappa shape index (κ1) is 9.39. The van der Waals surface area contributed by atoms with Crippen LogP contribution in [0.3, 0.4) is 0 Å². The number of hydrogen-bond acceptors (Lipinski definition) is 1. The number of fused-ring (bicyclic) bond motifs is 1. The summed E-state index contributed by atoms with van der Waals surface area (Å²) in [5, 5.41) is 2.75. The minimum absolute atomic E-state index is 0.0447. The predicted octanol–water partition coefficient (Wildman–Crippen LogP) is 1.79. The molecule has 1 heterocycles. The van der Waals surface area contributed by atoms with Gasteiger partial charge in [-0.2, -0.15) is 0 Å². The zero-order valence-corrected chi connectivity index (χ0v) is 8.66. The monoisotopic (exact) mass is 218 g/mol. The van der Waals surface area contributed by atoms with Gasteiger partial charge in [0, 0.05) is 11.3 Å². The number of hydrogen-bond donors (Lipinski definition) is 1. The Kier molecular flexibility index (Phi) is 1.96. The maximum absolute atomic E-state index is 13.1. The van der Waals surface area contributed by atoms with Crippen LogP contribution < -0.4 is 5.56 Å². The molecule has 0 atom stereocenters. The van der Waals surface area contributed by atoms with E-state index in [-0.39, 0.29) is 11.4 Å². The maximum atomic E-state index is 13.1. The highest BCUT2D eigenvalue weighted by Gasteiger charge is 2.20. The lowest BCUT2D eigenvalue weighted by Gasteiger charge is -2.06. The van der Waals surface area contributed by atoms with Crippen molar-refractivity contribution < 1.29 is 4.39 Å². The van der Waals surface area contributed by atoms with Gasteiger partial charge in [-0.3, -0.25) is 14.6 Å². The summed E-state index contributed by atoms with van der Waals surface area (Å²) in [7, 11) is 0. The molecule has 0 aliphatic heterocycles. The van der Waals surface area contributed by atoms with Crippen LogP contribution >= 0.6 is 0 Å². The van der Waals surface area contributed by atoms with Crippen LogP contribution in [-0.2, 0) is 12.8 Å². The van der Waals surface area contributed by atoms with Gasteiger partial charge in [-0.1, -0.05) is 6.07 Å². The fourth-order valence-electron chi connectivity index (χ4n) is 2.29. The van der Waals surface area contributed by atoms with E-state index in [2.05, 4.69) is 5.10 Å². The number of nitrogens with zero attached hydrogens (tertiary/aromatic N) is 1. The van der Waals surface area contributed by atoms with E-state index < -0.39 is 0 Å². The standard InChI is InChI=1S/C12H11FN2O/c13-8-3-1-4-9(7-8)15-11-6-2-5-10(11)12(16)14-15/h1,3-4,7H,2,5-6H2,(H,14,16). The fourth-order valence-corrected chi connectivity index (χ4v) is 2.29. The number of rotatable bonds is 1. The molecule has 16 heavy (non-hydrogen) atoms. The molecule has 82 valence electrons. The minimum Gasteiger partial charge on any atom is -0.268 e. The van der Waals surface area contributed by atoms with Crippen molar-refractivity contribution >= 4 is 0 Å². The van der Waals surface area contributed by atoms with E-state index in [0.29, 0.717) is 5.69 Å². The molecule has 1 aromatic heterocycles. The topological polar surface area (TPSA) is 37.8 Å². The van der Waals surface area contributed by atoms with Crippen LogP contribution in [0.5, 0.6) is 0 Å². The third kappa shape index (κ3) is 1.30.